The highest BCUT2D eigenvalue weighted by atomic mass is 35.5. The molecule has 2 heterocycles. The Balaban J connectivity index is 1.69. The molecular weight excluding hydrogens is 356 g/mol. The van der Waals surface area contributed by atoms with Gasteiger partial charge in [-0.25, -0.2) is 0 Å². The summed E-state index contributed by atoms with van der Waals surface area (Å²) >= 11 is 6.30. The molecule has 1 N–H and O–H groups in total. The summed E-state index contributed by atoms with van der Waals surface area (Å²) < 4.78 is 12.7. The number of carbonyl (C=O) groups excluding carboxylic acids is 1. The summed E-state index contributed by atoms with van der Waals surface area (Å²) in [6.45, 7) is 5.22. The van der Waals surface area contributed by atoms with Crippen LogP contribution in [0.25, 0.3) is 0 Å². The Morgan fingerprint density at radius 1 is 1.27 bits per heavy atom. The van der Waals surface area contributed by atoms with Crippen molar-refractivity contribution in [1.82, 2.24) is 20.0 Å². The van der Waals surface area contributed by atoms with E-state index in [2.05, 4.69) is 15.3 Å². The molecule has 1 aromatic heterocycles. The minimum absolute atomic E-state index is 0.0528. The number of fused-ring (bicyclic) bond motifs is 1. The van der Waals surface area contributed by atoms with Gasteiger partial charge < -0.3 is 14.8 Å². The van der Waals surface area contributed by atoms with Crippen LogP contribution in [0.3, 0.4) is 0 Å². The summed E-state index contributed by atoms with van der Waals surface area (Å²) in [4.78, 5) is 13.4. The van der Waals surface area contributed by atoms with Crippen molar-refractivity contribution in [1.29, 1.82) is 0 Å². The number of benzene rings is 1. The average molecular weight is 379 g/mol. The smallest absolute Gasteiger partial charge is 0.217 e. The summed E-state index contributed by atoms with van der Waals surface area (Å²) in [5.41, 5.74) is 3.09. The van der Waals surface area contributed by atoms with Crippen molar-refractivity contribution >= 4 is 17.5 Å². The van der Waals surface area contributed by atoms with Gasteiger partial charge in [0.1, 0.15) is 0 Å². The summed E-state index contributed by atoms with van der Waals surface area (Å²) in [5.74, 6) is 1.13. The molecule has 1 aliphatic rings. The maximum absolute atomic E-state index is 11.1. The van der Waals surface area contributed by atoms with E-state index in [1.165, 1.54) is 6.92 Å². The molecule has 0 fully saturated rings. The molecular formula is C18H23ClN4O3. The largest absolute Gasteiger partial charge is 0.493 e. The molecule has 0 aliphatic carbocycles. The second-order valence-corrected chi connectivity index (χ2v) is 6.69. The summed E-state index contributed by atoms with van der Waals surface area (Å²) in [5, 5.41) is 7.87. The fourth-order valence-corrected chi connectivity index (χ4v) is 3.45. The number of nitrogens with one attached hydrogen (secondary N) is 1. The van der Waals surface area contributed by atoms with Gasteiger partial charge in [-0.3, -0.25) is 14.4 Å². The third-order valence-corrected chi connectivity index (χ3v) is 4.63. The standard InChI is InChI=1S/C18H23ClN4O3/c1-12(24)20-9-14-8-15-11-22(4-5-23(15)21-14)10-13-6-16(19)18(26-3)17(7-13)25-2/h6-8H,4-5,9-11H2,1-3H3,(H,20,24). The predicted molar refractivity (Wildman–Crippen MR) is 98.4 cm³/mol. The van der Waals surface area contributed by atoms with Crippen LogP contribution in [0.1, 0.15) is 23.9 Å². The lowest BCUT2D eigenvalue weighted by molar-refractivity contribution is -0.119. The van der Waals surface area contributed by atoms with E-state index in [0.717, 1.165) is 43.1 Å². The van der Waals surface area contributed by atoms with Gasteiger partial charge in [0.2, 0.25) is 5.91 Å². The van der Waals surface area contributed by atoms with Crippen molar-refractivity contribution in [3.8, 4) is 11.5 Å². The maximum Gasteiger partial charge on any atom is 0.217 e. The van der Waals surface area contributed by atoms with E-state index < -0.39 is 0 Å². The molecule has 1 aliphatic heterocycles. The first-order valence-electron chi connectivity index (χ1n) is 8.43. The molecule has 0 bridgehead atoms. The molecule has 0 unspecified atom stereocenters. The van der Waals surface area contributed by atoms with Crippen LogP contribution in [0, 0.1) is 0 Å². The number of nitrogens with zero attached hydrogens (tertiary/aromatic N) is 3. The Hall–Kier alpha value is -2.25. The van der Waals surface area contributed by atoms with Crippen molar-refractivity contribution in [3.63, 3.8) is 0 Å². The zero-order valence-electron chi connectivity index (χ0n) is 15.2. The van der Waals surface area contributed by atoms with E-state index in [1.54, 1.807) is 14.2 Å². The molecule has 0 saturated carbocycles. The van der Waals surface area contributed by atoms with Gasteiger partial charge in [0.15, 0.2) is 11.5 Å². The molecule has 2 aromatic rings. The number of hydrogen-bond donors (Lipinski definition) is 1. The van der Waals surface area contributed by atoms with Crippen molar-refractivity contribution < 1.29 is 14.3 Å². The minimum atomic E-state index is -0.0528. The second kappa shape index (κ2) is 7.97. The van der Waals surface area contributed by atoms with Crippen LogP contribution in [0.2, 0.25) is 5.02 Å². The SMILES string of the molecule is COc1cc(CN2CCn3nc(CNC(C)=O)cc3C2)cc(Cl)c1OC. The van der Waals surface area contributed by atoms with Gasteiger partial charge in [-0.05, 0) is 23.8 Å². The van der Waals surface area contributed by atoms with E-state index in [9.17, 15) is 4.79 Å². The van der Waals surface area contributed by atoms with Gasteiger partial charge in [-0.15, -0.1) is 0 Å². The molecule has 0 atom stereocenters. The number of ether oxygens (including phenoxy) is 2. The van der Waals surface area contributed by atoms with Crippen molar-refractivity contribution in [2.75, 3.05) is 20.8 Å². The lowest BCUT2D eigenvalue weighted by Crippen LogP contribution is -2.33. The number of methoxy groups -OCH3 is 2. The zero-order chi connectivity index (χ0) is 18.7. The molecule has 1 aromatic carbocycles. The Kier molecular flexibility index (Phi) is 5.68. The first-order valence-corrected chi connectivity index (χ1v) is 8.80. The number of amides is 1. The predicted octanol–water partition coefficient (Wildman–Crippen LogP) is 2.21. The van der Waals surface area contributed by atoms with Gasteiger partial charge in [0, 0.05) is 26.6 Å². The van der Waals surface area contributed by atoms with Crippen molar-refractivity contribution in [2.24, 2.45) is 0 Å². The molecule has 3 rings (SSSR count). The van der Waals surface area contributed by atoms with Crippen LogP contribution in [-0.2, 0) is 31.0 Å². The normalized spacial score (nSPS) is 14.0. The number of halogens is 1. The highest BCUT2D eigenvalue weighted by Gasteiger charge is 2.20. The third kappa shape index (κ3) is 4.11. The fourth-order valence-electron chi connectivity index (χ4n) is 3.14. The lowest BCUT2D eigenvalue weighted by Gasteiger charge is -2.27. The highest BCUT2D eigenvalue weighted by Crippen LogP contribution is 2.36. The van der Waals surface area contributed by atoms with Crippen molar-refractivity contribution in [3.05, 3.63) is 40.2 Å². The molecule has 7 nitrogen and oxygen atoms in total. The molecule has 0 saturated heterocycles. The van der Waals surface area contributed by atoms with E-state index in [-0.39, 0.29) is 5.91 Å². The number of carbonyl (C=O) groups is 1. The zero-order valence-corrected chi connectivity index (χ0v) is 16.0. The first-order chi connectivity index (χ1) is 12.5. The van der Waals surface area contributed by atoms with Crippen LogP contribution in [0.4, 0.5) is 0 Å². The average Bonchev–Trinajstić information content (AvgIpc) is 3.01. The Morgan fingerprint density at radius 2 is 2.08 bits per heavy atom. The van der Waals surface area contributed by atoms with Gasteiger partial charge in [-0.2, -0.15) is 5.10 Å². The second-order valence-electron chi connectivity index (χ2n) is 6.28. The summed E-state index contributed by atoms with van der Waals surface area (Å²) in [6, 6.07) is 5.92. The maximum atomic E-state index is 11.1. The van der Waals surface area contributed by atoms with Gasteiger partial charge >= 0.3 is 0 Å². The Labute approximate surface area is 157 Å². The number of rotatable bonds is 6. The van der Waals surface area contributed by atoms with Gasteiger partial charge in [0.25, 0.3) is 0 Å². The lowest BCUT2D eigenvalue weighted by atomic mass is 10.1. The quantitative estimate of drug-likeness (QED) is 0.834. The third-order valence-electron chi connectivity index (χ3n) is 4.35. The molecule has 1 amide bonds. The molecule has 0 spiro atoms. The van der Waals surface area contributed by atoms with E-state index in [1.807, 2.05) is 22.9 Å². The minimum Gasteiger partial charge on any atom is -0.493 e. The monoisotopic (exact) mass is 378 g/mol. The van der Waals surface area contributed by atoms with E-state index in [4.69, 9.17) is 21.1 Å². The highest BCUT2D eigenvalue weighted by molar-refractivity contribution is 6.32. The van der Waals surface area contributed by atoms with Crippen LogP contribution < -0.4 is 14.8 Å². The summed E-state index contributed by atoms with van der Waals surface area (Å²) in [7, 11) is 3.18. The molecule has 0 radical (unpaired) electrons. The fraction of sp³-hybridized carbons (Fsp3) is 0.444. The van der Waals surface area contributed by atoms with Gasteiger partial charge in [0.05, 0.1) is 43.7 Å². The van der Waals surface area contributed by atoms with E-state index in [0.29, 0.717) is 23.1 Å². The van der Waals surface area contributed by atoms with Gasteiger partial charge in [-0.1, -0.05) is 11.6 Å². The summed E-state index contributed by atoms with van der Waals surface area (Å²) in [6.07, 6.45) is 0. The van der Waals surface area contributed by atoms with E-state index >= 15 is 0 Å². The molecule has 26 heavy (non-hydrogen) atoms. The topological polar surface area (TPSA) is 68.6 Å². The number of hydrogen-bond acceptors (Lipinski definition) is 5. The van der Waals surface area contributed by atoms with Crippen LogP contribution in [-0.4, -0.2) is 41.4 Å². The van der Waals surface area contributed by atoms with Crippen molar-refractivity contribution in [2.45, 2.75) is 33.1 Å². The van der Waals surface area contributed by atoms with Crippen LogP contribution in [0.5, 0.6) is 11.5 Å². The first kappa shape index (κ1) is 18.5. The number of aromatic nitrogens is 2. The Morgan fingerprint density at radius 3 is 2.77 bits per heavy atom. The Bertz CT molecular complexity index is 806. The molecule has 8 heteroatoms. The van der Waals surface area contributed by atoms with Crippen LogP contribution >= 0.6 is 11.6 Å². The molecule has 140 valence electrons. The van der Waals surface area contributed by atoms with Crippen LogP contribution in [0.15, 0.2) is 18.2 Å².